The largest absolute Gasteiger partial charge is 0.493 e. The minimum atomic E-state index is -0.165. The number of likely N-dealkylation sites (N-methyl/N-ethyl adjacent to an activating group) is 1. The van der Waals surface area contributed by atoms with Gasteiger partial charge in [0.25, 0.3) is 0 Å². The van der Waals surface area contributed by atoms with Gasteiger partial charge in [0.05, 0.1) is 20.5 Å². The molecule has 1 aliphatic carbocycles. The Kier molecular flexibility index (Phi) is 5.66. The Morgan fingerprint density at radius 1 is 1.09 bits per heavy atom. The Bertz CT molecular complexity index is 1160. The van der Waals surface area contributed by atoms with Gasteiger partial charge in [-0.05, 0) is 81.2 Å². The molecule has 2 fully saturated rings. The molecule has 0 bridgehead atoms. The molecule has 5 rings (SSSR count). The van der Waals surface area contributed by atoms with Gasteiger partial charge in [0, 0.05) is 28.6 Å². The highest BCUT2D eigenvalue weighted by Gasteiger charge is 2.50. The summed E-state index contributed by atoms with van der Waals surface area (Å²) in [7, 11) is 5.54. The lowest BCUT2D eigenvalue weighted by atomic mass is 9.65. The standard InChI is InChI=1S/C26H31N3O4/c1-29-12-11-26(18-4-6-22(31-2)23(15-18)32-3)10-8-20(16-24(26)29)28-25(30)27-19-5-7-21-17(14-19)9-13-33-21/h4-7,9,13-15,20,24H,8,10-12,16H2,1-3H3,(H2,27,28,30). The molecule has 3 atom stereocenters. The third-order valence-electron chi connectivity index (χ3n) is 7.53. The molecule has 7 heteroatoms. The number of hydrogen-bond donors (Lipinski definition) is 2. The van der Waals surface area contributed by atoms with Crippen molar-refractivity contribution in [3.63, 3.8) is 0 Å². The zero-order valence-electron chi connectivity index (χ0n) is 19.4. The van der Waals surface area contributed by atoms with E-state index in [9.17, 15) is 4.79 Å². The van der Waals surface area contributed by atoms with Crippen LogP contribution in [0.1, 0.15) is 31.2 Å². The maximum Gasteiger partial charge on any atom is 0.319 e. The number of amides is 2. The van der Waals surface area contributed by atoms with Gasteiger partial charge in [-0.25, -0.2) is 4.79 Å². The molecule has 174 valence electrons. The van der Waals surface area contributed by atoms with Gasteiger partial charge in [-0.15, -0.1) is 0 Å². The van der Waals surface area contributed by atoms with Gasteiger partial charge in [0.15, 0.2) is 11.5 Å². The van der Waals surface area contributed by atoms with E-state index in [0.29, 0.717) is 6.04 Å². The molecule has 1 aliphatic heterocycles. The van der Waals surface area contributed by atoms with Gasteiger partial charge in [0.2, 0.25) is 0 Å². The molecular formula is C26H31N3O4. The van der Waals surface area contributed by atoms with Crippen LogP contribution in [0.4, 0.5) is 10.5 Å². The highest BCUT2D eigenvalue weighted by molar-refractivity contribution is 5.92. The van der Waals surface area contributed by atoms with Crippen molar-refractivity contribution in [2.24, 2.45) is 0 Å². The Balaban J connectivity index is 1.29. The molecule has 1 aromatic heterocycles. The molecule has 0 radical (unpaired) electrons. The van der Waals surface area contributed by atoms with Crippen molar-refractivity contribution in [2.75, 3.05) is 33.1 Å². The molecule has 1 saturated carbocycles. The predicted octanol–water partition coefficient (Wildman–Crippen LogP) is 4.77. The quantitative estimate of drug-likeness (QED) is 0.587. The average molecular weight is 450 g/mol. The Hall–Kier alpha value is -3.19. The number of nitrogens with one attached hydrogen (secondary N) is 2. The van der Waals surface area contributed by atoms with Crippen molar-refractivity contribution >= 4 is 22.7 Å². The highest BCUT2D eigenvalue weighted by atomic mass is 16.5. The Morgan fingerprint density at radius 3 is 2.76 bits per heavy atom. The molecule has 2 heterocycles. The predicted molar refractivity (Wildman–Crippen MR) is 128 cm³/mol. The summed E-state index contributed by atoms with van der Waals surface area (Å²) in [5, 5.41) is 7.15. The van der Waals surface area contributed by atoms with Crippen LogP contribution in [0.3, 0.4) is 0 Å². The summed E-state index contributed by atoms with van der Waals surface area (Å²) in [5.41, 5.74) is 2.93. The first-order valence-corrected chi connectivity index (χ1v) is 11.5. The maximum atomic E-state index is 12.7. The molecule has 2 N–H and O–H groups in total. The number of methoxy groups -OCH3 is 2. The SMILES string of the molecule is COc1ccc(C23CCC(NC(=O)Nc4ccc5occc5c4)CC2N(C)CC3)cc1OC. The van der Waals surface area contributed by atoms with Crippen molar-refractivity contribution in [3.05, 3.63) is 54.3 Å². The van der Waals surface area contributed by atoms with Crippen molar-refractivity contribution in [1.82, 2.24) is 10.2 Å². The van der Waals surface area contributed by atoms with Crippen LogP contribution in [0, 0.1) is 0 Å². The number of benzene rings is 2. The average Bonchev–Trinajstić information content (AvgIpc) is 3.43. The van der Waals surface area contributed by atoms with E-state index in [0.717, 1.165) is 60.4 Å². The fraction of sp³-hybridized carbons (Fsp3) is 0.423. The second-order valence-corrected chi connectivity index (χ2v) is 9.22. The topological polar surface area (TPSA) is 76.0 Å². The number of hydrogen-bond acceptors (Lipinski definition) is 5. The lowest BCUT2D eigenvalue weighted by molar-refractivity contribution is 0.156. The number of anilines is 1. The molecule has 3 unspecified atom stereocenters. The van der Waals surface area contributed by atoms with Crippen LogP contribution in [0.25, 0.3) is 11.0 Å². The first kappa shape index (κ1) is 21.6. The molecular weight excluding hydrogens is 418 g/mol. The summed E-state index contributed by atoms with van der Waals surface area (Å²) in [6.07, 6.45) is 5.63. The maximum absolute atomic E-state index is 12.7. The molecule has 2 amide bonds. The number of fused-ring (bicyclic) bond motifs is 2. The minimum absolute atomic E-state index is 0.0648. The monoisotopic (exact) mass is 449 g/mol. The van der Waals surface area contributed by atoms with Gasteiger partial charge in [-0.1, -0.05) is 6.07 Å². The second kappa shape index (κ2) is 8.63. The number of nitrogens with zero attached hydrogens (tertiary/aromatic N) is 1. The van der Waals surface area contributed by atoms with E-state index in [2.05, 4.69) is 34.7 Å². The molecule has 2 aromatic carbocycles. The van der Waals surface area contributed by atoms with E-state index in [1.54, 1.807) is 20.5 Å². The molecule has 3 aromatic rings. The van der Waals surface area contributed by atoms with Gasteiger partial charge >= 0.3 is 6.03 Å². The number of carbonyl (C=O) groups is 1. The highest BCUT2D eigenvalue weighted by Crippen LogP contribution is 2.49. The minimum Gasteiger partial charge on any atom is -0.493 e. The first-order valence-electron chi connectivity index (χ1n) is 11.5. The number of carbonyl (C=O) groups excluding carboxylic acids is 1. The normalized spacial score (nSPS) is 24.9. The number of ether oxygens (including phenoxy) is 2. The summed E-state index contributed by atoms with van der Waals surface area (Å²) in [5.74, 6) is 1.52. The van der Waals surface area contributed by atoms with E-state index in [-0.39, 0.29) is 17.5 Å². The first-order chi connectivity index (χ1) is 16.0. The zero-order valence-corrected chi connectivity index (χ0v) is 19.4. The fourth-order valence-corrected chi connectivity index (χ4v) is 5.79. The molecule has 0 spiro atoms. The summed E-state index contributed by atoms with van der Waals surface area (Å²) in [6, 6.07) is 14.2. The van der Waals surface area contributed by atoms with E-state index >= 15 is 0 Å². The van der Waals surface area contributed by atoms with Crippen LogP contribution < -0.4 is 20.1 Å². The molecule has 7 nitrogen and oxygen atoms in total. The molecule has 1 saturated heterocycles. The number of likely N-dealkylation sites (tertiary alicyclic amines) is 1. The van der Waals surface area contributed by atoms with E-state index in [4.69, 9.17) is 13.9 Å². The zero-order chi connectivity index (χ0) is 23.0. The smallest absolute Gasteiger partial charge is 0.319 e. The van der Waals surface area contributed by atoms with Gasteiger partial charge in [-0.2, -0.15) is 0 Å². The van der Waals surface area contributed by atoms with Crippen molar-refractivity contribution in [1.29, 1.82) is 0 Å². The number of furan rings is 1. The number of urea groups is 1. The van der Waals surface area contributed by atoms with Crippen LogP contribution in [0.2, 0.25) is 0 Å². The van der Waals surface area contributed by atoms with Gasteiger partial charge in [0.1, 0.15) is 5.58 Å². The van der Waals surface area contributed by atoms with Crippen molar-refractivity contribution in [3.8, 4) is 11.5 Å². The lowest BCUT2D eigenvalue weighted by Gasteiger charge is -2.45. The third kappa shape index (κ3) is 3.91. The van der Waals surface area contributed by atoms with Crippen LogP contribution >= 0.6 is 0 Å². The van der Waals surface area contributed by atoms with Crippen molar-refractivity contribution < 1.29 is 18.7 Å². The summed E-state index contributed by atoms with van der Waals surface area (Å²) < 4.78 is 16.4. The number of rotatable bonds is 5. The van der Waals surface area contributed by atoms with Gasteiger partial charge < -0.3 is 29.4 Å². The molecule has 33 heavy (non-hydrogen) atoms. The summed E-state index contributed by atoms with van der Waals surface area (Å²) in [4.78, 5) is 15.2. The Morgan fingerprint density at radius 2 is 1.94 bits per heavy atom. The Labute approximate surface area is 194 Å². The van der Waals surface area contributed by atoms with Gasteiger partial charge in [-0.3, -0.25) is 0 Å². The van der Waals surface area contributed by atoms with Crippen molar-refractivity contribution in [2.45, 2.75) is 43.2 Å². The third-order valence-corrected chi connectivity index (χ3v) is 7.53. The van der Waals surface area contributed by atoms with Crippen LogP contribution in [-0.4, -0.2) is 50.8 Å². The summed E-state index contributed by atoms with van der Waals surface area (Å²) in [6.45, 7) is 1.04. The van der Waals surface area contributed by atoms with E-state index < -0.39 is 0 Å². The second-order valence-electron chi connectivity index (χ2n) is 9.22. The van der Waals surface area contributed by atoms with E-state index in [1.165, 1.54) is 5.56 Å². The van der Waals surface area contributed by atoms with Crippen LogP contribution in [0.5, 0.6) is 11.5 Å². The lowest BCUT2D eigenvalue weighted by Crippen LogP contribution is -2.52. The fourth-order valence-electron chi connectivity index (χ4n) is 5.79. The molecule has 2 aliphatic rings. The van der Waals surface area contributed by atoms with Crippen LogP contribution in [0.15, 0.2) is 53.1 Å². The summed E-state index contributed by atoms with van der Waals surface area (Å²) >= 11 is 0. The van der Waals surface area contributed by atoms with E-state index in [1.807, 2.05) is 30.3 Å². The van der Waals surface area contributed by atoms with Crippen LogP contribution in [-0.2, 0) is 5.41 Å².